The number of ether oxygens (including phenoxy) is 2. The van der Waals surface area contributed by atoms with Crippen molar-refractivity contribution >= 4 is 18.0 Å². The summed E-state index contributed by atoms with van der Waals surface area (Å²) < 4.78 is 10.1. The second kappa shape index (κ2) is 6.91. The Kier molecular flexibility index (Phi) is 4.95. The Bertz CT molecular complexity index is 743. The molecule has 0 spiro atoms. The molecule has 23 heavy (non-hydrogen) atoms. The number of aryl methyl sites for hydroxylation is 1. The van der Waals surface area contributed by atoms with Gasteiger partial charge in [0, 0.05) is 11.3 Å². The van der Waals surface area contributed by atoms with Crippen molar-refractivity contribution in [2.75, 3.05) is 13.7 Å². The Labute approximate surface area is 133 Å². The average molecular weight is 315 g/mol. The lowest BCUT2D eigenvalue weighted by atomic mass is 10.1. The fraction of sp³-hybridized carbons (Fsp3) is 0.235. The molecule has 1 heterocycles. The number of H-pyrrole nitrogens is 1. The predicted octanol–water partition coefficient (Wildman–Crippen LogP) is 2.49. The van der Waals surface area contributed by atoms with Crippen LogP contribution in [0.2, 0.25) is 0 Å². The van der Waals surface area contributed by atoms with E-state index >= 15 is 0 Å². The third kappa shape index (κ3) is 3.48. The first-order valence-corrected chi connectivity index (χ1v) is 6.96. The predicted molar refractivity (Wildman–Crippen MR) is 83.3 cm³/mol. The fourth-order valence-electron chi connectivity index (χ4n) is 2.30. The van der Waals surface area contributed by atoms with Crippen molar-refractivity contribution in [3.8, 4) is 5.75 Å². The van der Waals surface area contributed by atoms with Crippen LogP contribution in [-0.2, 0) is 4.74 Å². The average Bonchev–Trinajstić information content (AvgIpc) is 2.87. The first-order valence-electron chi connectivity index (χ1n) is 6.96. The number of Topliss-reactive ketones (excluding diaryl/α,β-unsaturated/α-hetero) is 1. The van der Waals surface area contributed by atoms with Crippen LogP contribution >= 0.6 is 0 Å². The molecule has 0 unspecified atom stereocenters. The zero-order valence-corrected chi connectivity index (χ0v) is 13.1. The molecule has 1 aromatic carbocycles. The Balaban J connectivity index is 2.11. The van der Waals surface area contributed by atoms with Crippen LogP contribution < -0.4 is 4.74 Å². The van der Waals surface area contributed by atoms with Gasteiger partial charge in [0.2, 0.25) is 5.78 Å². The molecule has 0 aliphatic rings. The maximum absolute atomic E-state index is 12.3. The zero-order chi connectivity index (χ0) is 17.0. The van der Waals surface area contributed by atoms with Crippen molar-refractivity contribution in [3.63, 3.8) is 0 Å². The topological polar surface area (TPSA) is 85.5 Å². The molecule has 0 saturated carbocycles. The van der Waals surface area contributed by atoms with Crippen LogP contribution in [-0.4, -0.2) is 36.7 Å². The lowest BCUT2D eigenvalue weighted by molar-refractivity contribution is 0.0599. The van der Waals surface area contributed by atoms with Gasteiger partial charge in [0.25, 0.3) is 0 Å². The number of ketones is 1. The summed E-state index contributed by atoms with van der Waals surface area (Å²) in [7, 11) is 1.29. The molecule has 0 fully saturated rings. The Morgan fingerprint density at radius 2 is 1.83 bits per heavy atom. The van der Waals surface area contributed by atoms with E-state index in [9.17, 15) is 14.4 Å². The molecule has 1 N–H and O–H groups in total. The van der Waals surface area contributed by atoms with Gasteiger partial charge in [-0.2, -0.15) is 0 Å². The first-order chi connectivity index (χ1) is 11.0. The SMILES string of the molecule is COC(=O)c1c(C)[nH]c(C(=O)COc2ccc(C=O)cc2)c1C. The molecule has 0 atom stereocenters. The van der Waals surface area contributed by atoms with E-state index < -0.39 is 5.97 Å². The van der Waals surface area contributed by atoms with E-state index in [1.807, 2.05) is 0 Å². The number of aldehydes is 1. The number of carbonyl (C=O) groups is 3. The normalized spacial score (nSPS) is 10.2. The van der Waals surface area contributed by atoms with Gasteiger partial charge in [0.15, 0.2) is 6.61 Å². The number of esters is 1. The van der Waals surface area contributed by atoms with E-state index in [1.165, 1.54) is 7.11 Å². The Morgan fingerprint density at radius 1 is 1.17 bits per heavy atom. The van der Waals surface area contributed by atoms with Gasteiger partial charge in [-0.3, -0.25) is 9.59 Å². The van der Waals surface area contributed by atoms with Crippen LogP contribution in [0.5, 0.6) is 5.75 Å². The van der Waals surface area contributed by atoms with Gasteiger partial charge < -0.3 is 14.5 Å². The molecule has 2 rings (SSSR count). The number of hydrogen-bond acceptors (Lipinski definition) is 5. The minimum absolute atomic E-state index is 0.179. The molecule has 2 aromatic rings. The van der Waals surface area contributed by atoms with Gasteiger partial charge in [-0.15, -0.1) is 0 Å². The Morgan fingerprint density at radius 3 is 2.39 bits per heavy atom. The zero-order valence-electron chi connectivity index (χ0n) is 13.1. The summed E-state index contributed by atoms with van der Waals surface area (Å²) in [4.78, 5) is 37.5. The standard InChI is InChI=1S/C17H17NO5/c1-10-15(17(21)22-3)11(2)18-16(10)14(20)9-23-13-6-4-12(8-19)5-7-13/h4-8,18H,9H2,1-3H3. The molecule has 6 heteroatoms. The second-order valence-electron chi connectivity index (χ2n) is 5.02. The van der Waals surface area contributed by atoms with Crippen molar-refractivity contribution in [3.05, 3.63) is 52.3 Å². The van der Waals surface area contributed by atoms with Crippen LogP contribution in [0.3, 0.4) is 0 Å². The van der Waals surface area contributed by atoms with Gasteiger partial charge in [0.1, 0.15) is 12.0 Å². The summed E-state index contributed by atoms with van der Waals surface area (Å²) in [5.41, 5.74) is 2.34. The van der Waals surface area contributed by atoms with Crippen LogP contribution in [0.1, 0.15) is 42.5 Å². The number of nitrogens with one attached hydrogen (secondary N) is 1. The molecule has 0 amide bonds. The summed E-state index contributed by atoms with van der Waals surface area (Å²) in [6.45, 7) is 3.21. The third-order valence-electron chi connectivity index (χ3n) is 3.49. The van der Waals surface area contributed by atoms with Gasteiger partial charge in [-0.1, -0.05) is 0 Å². The third-order valence-corrected chi connectivity index (χ3v) is 3.49. The van der Waals surface area contributed by atoms with Crippen LogP contribution in [0.4, 0.5) is 0 Å². The highest BCUT2D eigenvalue weighted by molar-refractivity contribution is 6.02. The fourth-order valence-corrected chi connectivity index (χ4v) is 2.30. The second-order valence-corrected chi connectivity index (χ2v) is 5.02. The summed E-state index contributed by atoms with van der Waals surface area (Å²) >= 11 is 0. The van der Waals surface area contributed by atoms with E-state index in [0.717, 1.165) is 6.29 Å². The van der Waals surface area contributed by atoms with E-state index in [1.54, 1.807) is 38.1 Å². The molecule has 120 valence electrons. The molecule has 0 aliphatic heterocycles. The van der Waals surface area contributed by atoms with Crippen molar-refractivity contribution in [1.82, 2.24) is 4.98 Å². The Hall–Kier alpha value is -2.89. The number of carbonyl (C=O) groups excluding carboxylic acids is 3. The number of aromatic amines is 1. The minimum atomic E-state index is -0.485. The molecule has 0 aliphatic carbocycles. The van der Waals surface area contributed by atoms with Gasteiger partial charge in [-0.05, 0) is 43.7 Å². The summed E-state index contributed by atoms with van der Waals surface area (Å²) in [5.74, 6) is -0.279. The molecule has 0 radical (unpaired) electrons. The quantitative estimate of drug-likeness (QED) is 0.503. The molecule has 0 saturated heterocycles. The smallest absolute Gasteiger partial charge is 0.339 e. The molecular formula is C17H17NO5. The molecule has 1 aromatic heterocycles. The number of benzene rings is 1. The summed E-state index contributed by atoms with van der Waals surface area (Å²) in [6, 6.07) is 6.44. The van der Waals surface area contributed by atoms with E-state index in [4.69, 9.17) is 9.47 Å². The van der Waals surface area contributed by atoms with Crippen molar-refractivity contribution in [1.29, 1.82) is 0 Å². The number of hydrogen-bond donors (Lipinski definition) is 1. The largest absolute Gasteiger partial charge is 0.485 e. The van der Waals surface area contributed by atoms with Crippen LogP contribution in [0.25, 0.3) is 0 Å². The van der Waals surface area contributed by atoms with Gasteiger partial charge >= 0.3 is 5.97 Å². The van der Waals surface area contributed by atoms with Crippen molar-refractivity contribution in [2.24, 2.45) is 0 Å². The molecular weight excluding hydrogens is 298 g/mol. The highest BCUT2D eigenvalue weighted by Gasteiger charge is 2.22. The van der Waals surface area contributed by atoms with Gasteiger partial charge in [0.05, 0.1) is 18.4 Å². The van der Waals surface area contributed by atoms with E-state index in [0.29, 0.717) is 33.8 Å². The summed E-state index contributed by atoms with van der Waals surface area (Å²) in [5, 5.41) is 0. The van der Waals surface area contributed by atoms with Gasteiger partial charge in [-0.25, -0.2) is 4.79 Å². The maximum atomic E-state index is 12.3. The van der Waals surface area contributed by atoms with Crippen molar-refractivity contribution < 1.29 is 23.9 Å². The molecule has 6 nitrogen and oxygen atoms in total. The lowest BCUT2D eigenvalue weighted by Gasteiger charge is -2.05. The first kappa shape index (κ1) is 16.5. The number of aromatic nitrogens is 1. The van der Waals surface area contributed by atoms with E-state index in [-0.39, 0.29) is 12.4 Å². The van der Waals surface area contributed by atoms with Crippen molar-refractivity contribution in [2.45, 2.75) is 13.8 Å². The van der Waals surface area contributed by atoms with Crippen LogP contribution in [0.15, 0.2) is 24.3 Å². The number of methoxy groups -OCH3 is 1. The minimum Gasteiger partial charge on any atom is -0.485 e. The highest BCUT2D eigenvalue weighted by atomic mass is 16.5. The van der Waals surface area contributed by atoms with Crippen LogP contribution in [0, 0.1) is 13.8 Å². The lowest BCUT2D eigenvalue weighted by Crippen LogP contribution is -2.13. The van der Waals surface area contributed by atoms with E-state index in [2.05, 4.69) is 4.98 Å². The number of rotatable bonds is 6. The highest BCUT2D eigenvalue weighted by Crippen LogP contribution is 2.20. The molecule has 0 bridgehead atoms. The maximum Gasteiger partial charge on any atom is 0.339 e. The monoisotopic (exact) mass is 315 g/mol. The summed E-state index contributed by atoms with van der Waals surface area (Å²) in [6.07, 6.45) is 0.730.